The van der Waals surface area contributed by atoms with Crippen LogP contribution in [0, 0.1) is 11.3 Å². The van der Waals surface area contributed by atoms with E-state index in [4.69, 9.17) is 0 Å². The van der Waals surface area contributed by atoms with Gasteiger partial charge in [0.25, 0.3) is 0 Å². The summed E-state index contributed by atoms with van der Waals surface area (Å²) in [6.07, 6.45) is 5.47. The molecule has 0 bridgehead atoms. The normalized spacial score (nSPS) is 17.4. The fourth-order valence-electron chi connectivity index (χ4n) is 2.53. The van der Waals surface area contributed by atoms with Gasteiger partial charge in [-0.3, -0.25) is 0 Å². The molecular weight excluding hydrogens is 184 g/mol. The zero-order chi connectivity index (χ0) is 11.3. The highest BCUT2D eigenvalue weighted by Gasteiger charge is 2.29. The first kappa shape index (κ1) is 13.0. The van der Waals surface area contributed by atoms with E-state index in [0.29, 0.717) is 5.41 Å². The quantitative estimate of drug-likeness (QED) is 0.664. The molecule has 15 heavy (non-hydrogen) atoms. The van der Waals surface area contributed by atoms with Crippen molar-refractivity contribution in [3.63, 3.8) is 0 Å². The van der Waals surface area contributed by atoms with Crippen molar-refractivity contribution in [2.24, 2.45) is 11.3 Å². The first-order chi connectivity index (χ1) is 7.15. The van der Waals surface area contributed by atoms with Crippen LogP contribution in [0.2, 0.25) is 0 Å². The zero-order valence-corrected chi connectivity index (χ0v) is 11.0. The van der Waals surface area contributed by atoms with Gasteiger partial charge in [0, 0.05) is 19.6 Å². The number of nitrogens with zero attached hydrogens (tertiary/aromatic N) is 1. The largest absolute Gasteiger partial charge is 0.319 e. The summed E-state index contributed by atoms with van der Waals surface area (Å²) in [5, 5.41) is 3.36. The molecule has 90 valence electrons. The highest BCUT2D eigenvalue weighted by molar-refractivity contribution is 4.84. The Morgan fingerprint density at radius 3 is 2.27 bits per heavy atom. The molecule has 2 heteroatoms. The van der Waals surface area contributed by atoms with Gasteiger partial charge >= 0.3 is 0 Å². The maximum Gasteiger partial charge on any atom is 0.00470 e. The Morgan fingerprint density at radius 2 is 1.87 bits per heavy atom. The molecule has 0 amide bonds. The Bertz CT molecular complexity index is 171. The van der Waals surface area contributed by atoms with E-state index in [9.17, 15) is 0 Å². The topological polar surface area (TPSA) is 15.3 Å². The standard InChI is InChI=1S/C13H28N2/c1-5-13(6-2,10-14-3)11-15(4)9-12-7-8-12/h12,14H,5-11H2,1-4H3. The Labute approximate surface area is 95.4 Å². The van der Waals surface area contributed by atoms with Crippen molar-refractivity contribution in [1.29, 1.82) is 0 Å². The molecule has 0 aliphatic heterocycles. The van der Waals surface area contributed by atoms with Crippen molar-refractivity contribution >= 4 is 0 Å². The van der Waals surface area contributed by atoms with Crippen LogP contribution in [0.4, 0.5) is 0 Å². The summed E-state index contributed by atoms with van der Waals surface area (Å²) in [5.74, 6) is 1.01. The molecule has 2 nitrogen and oxygen atoms in total. The van der Waals surface area contributed by atoms with E-state index in [1.807, 2.05) is 0 Å². The molecule has 1 aliphatic carbocycles. The van der Waals surface area contributed by atoms with E-state index < -0.39 is 0 Å². The minimum absolute atomic E-state index is 0.485. The van der Waals surface area contributed by atoms with Crippen LogP contribution >= 0.6 is 0 Å². The molecule has 0 atom stereocenters. The second-order valence-electron chi connectivity index (χ2n) is 5.38. The van der Waals surface area contributed by atoms with Gasteiger partial charge in [-0.2, -0.15) is 0 Å². The minimum Gasteiger partial charge on any atom is -0.319 e. The molecule has 1 N–H and O–H groups in total. The summed E-state index contributed by atoms with van der Waals surface area (Å²) < 4.78 is 0. The molecule has 0 spiro atoms. The van der Waals surface area contributed by atoms with Gasteiger partial charge in [0.1, 0.15) is 0 Å². The van der Waals surface area contributed by atoms with E-state index in [1.165, 1.54) is 38.8 Å². The molecular formula is C13H28N2. The predicted octanol–water partition coefficient (Wildman–Crippen LogP) is 2.35. The molecule has 1 saturated carbocycles. The number of hydrogen-bond acceptors (Lipinski definition) is 2. The fourth-order valence-corrected chi connectivity index (χ4v) is 2.53. The monoisotopic (exact) mass is 212 g/mol. The van der Waals surface area contributed by atoms with Gasteiger partial charge in [-0.25, -0.2) is 0 Å². The molecule has 1 fully saturated rings. The molecule has 0 saturated heterocycles. The van der Waals surface area contributed by atoms with E-state index in [2.05, 4.69) is 38.2 Å². The average molecular weight is 212 g/mol. The van der Waals surface area contributed by atoms with Crippen molar-refractivity contribution in [2.45, 2.75) is 39.5 Å². The van der Waals surface area contributed by atoms with Crippen molar-refractivity contribution < 1.29 is 0 Å². The lowest BCUT2D eigenvalue weighted by atomic mass is 9.81. The summed E-state index contributed by atoms with van der Waals surface area (Å²) >= 11 is 0. The van der Waals surface area contributed by atoms with Crippen LogP contribution in [0.25, 0.3) is 0 Å². The van der Waals surface area contributed by atoms with Gasteiger partial charge in [-0.1, -0.05) is 13.8 Å². The van der Waals surface area contributed by atoms with Crippen molar-refractivity contribution in [2.75, 3.05) is 33.7 Å². The van der Waals surface area contributed by atoms with Crippen LogP contribution in [0.5, 0.6) is 0 Å². The maximum absolute atomic E-state index is 3.36. The van der Waals surface area contributed by atoms with Crippen LogP contribution < -0.4 is 5.32 Å². The molecule has 0 aromatic carbocycles. The molecule has 0 unspecified atom stereocenters. The van der Waals surface area contributed by atoms with Gasteiger partial charge in [0.2, 0.25) is 0 Å². The highest BCUT2D eigenvalue weighted by Crippen LogP contribution is 2.32. The van der Waals surface area contributed by atoms with Crippen LogP contribution in [-0.2, 0) is 0 Å². The SMILES string of the molecule is CCC(CC)(CNC)CN(C)CC1CC1. The lowest BCUT2D eigenvalue weighted by Gasteiger charge is -2.35. The van der Waals surface area contributed by atoms with E-state index >= 15 is 0 Å². The van der Waals surface area contributed by atoms with Gasteiger partial charge in [-0.05, 0) is 51.1 Å². The van der Waals surface area contributed by atoms with Crippen LogP contribution in [0.1, 0.15) is 39.5 Å². The Morgan fingerprint density at radius 1 is 1.27 bits per heavy atom. The Hall–Kier alpha value is -0.0800. The first-order valence-corrected chi connectivity index (χ1v) is 6.49. The van der Waals surface area contributed by atoms with Crippen LogP contribution in [0.15, 0.2) is 0 Å². The van der Waals surface area contributed by atoms with Crippen molar-refractivity contribution in [1.82, 2.24) is 10.2 Å². The van der Waals surface area contributed by atoms with Gasteiger partial charge in [0.15, 0.2) is 0 Å². The van der Waals surface area contributed by atoms with Crippen LogP contribution in [-0.4, -0.2) is 38.6 Å². The lowest BCUT2D eigenvalue weighted by Crippen LogP contribution is -2.42. The van der Waals surface area contributed by atoms with E-state index in [0.717, 1.165) is 12.5 Å². The van der Waals surface area contributed by atoms with Gasteiger partial charge in [-0.15, -0.1) is 0 Å². The second kappa shape index (κ2) is 5.86. The molecule has 1 aliphatic rings. The number of rotatable bonds is 8. The van der Waals surface area contributed by atoms with Crippen molar-refractivity contribution in [3.05, 3.63) is 0 Å². The summed E-state index contributed by atoms with van der Waals surface area (Å²) in [6.45, 7) is 8.36. The number of nitrogens with one attached hydrogen (secondary N) is 1. The third kappa shape index (κ3) is 4.12. The molecule has 0 aromatic rings. The minimum atomic E-state index is 0.485. The molecule has 0 radical (unpaired) electrons. The zero-order valence-electron chi connectivity index (χ0n) is 11.0. The summed E-state index contributed by atoms with van der Waals surface area (Å²) in [6, 6.07) is 0. The fraction of sp³-hybridized carbons (Fsp3) is 1.00. The van der Waals surface area contributed by atoms with E-state index in [1.54, 1.807) is 0 Å². The smallest absolute Gasteiger partial charge is 0.00470 e. The second-order valence-corrected chi connectivity index (χ2v) is 5.38. The summed E-state index contributed by atoms with van der Waals surface area (Å²) in [7, 11) is 4.36. The predicted molar refractivity (Wildman–Crippen MR) is 67.2 cm³/mol. The van der Waals surface area contributed by atoms with Gasteiger partial charge < -0.3 is 10.2 Å². The Balaban J connectivity index is 2.39. The van der Waals surface area contributed by atoms with Crippen molar-refractivity contribution in [3.8, 4) is 0 Å². The van der Waals surface area contributed by atoms with E-state index in [-0.39, 0.29) is 0 Å². The average Bonchev–Trinajstić information content (AvgIpc) is 3.01. The van der Waals surface area contributed by atoms with Crippen LogP contribution in [0.3, 0.4) is 0 Å². The maximum atomic E-state index is 3.36. The highest BCUT2D eigenvalue weighted by atomic mass is 15.1. The molecule has 1 rings (SSSR count). The Kier molecular flexibility index (Phi) is 5.07. The first-order valence-electron chi connectivity index (χ1n) is 6.49. The summed E-state index contributed by atoms with van der Waals surface area (Å²) in [5.41, 5.74) is 0.485. The molecule has 0 aromatic heterocycles. The lowest BCUT2D eigenvalue weighted by molar-refractivity contribution is 0.154. The summed E-state index contributed by atoms with van der Waals surface area (Å²) in [4.78, 5) is 2.54. The molecule has 0 heterocycles. The third-order valence-electron chi connectivity index (χ3n) is 3.92. The van der Waals surface area contributed by atoms with Gasteiger partial charge in [0.05, 0.1) is 0 Å². The third-order valence-corrected chi connectivity index (χ3v) is 3.92. The number of hydrogen-bond donors (Lipinski definition) is 1.